The Morgan fingerprint density at radius 2 is 1.89 bits per heavy atom. The molecule has 2 aromatic carbocycles. The Morgan fingerprint density at radius 1 is 1.21 bits per heavy atom. The lowest BCUT2D eigenvalue weighted by Crippen LogP contribution is -2.27. The molecule has 0 aliphatic carbocycles. The molecular formula is C15H15BrN2O. The number of likely N-dealkylation sites (N-methyl/N-ethyl adjacent to an activating group) is 1. The van der Waals surface area contributed by atoms with Gasteiger partial charge in [-0.15, -0.1) is 0 Å². The molecule has 0 radical (unpaired) electrons. The van der Waals surface area contributed by atoms with E-state index in [0.29, 0.717) is 12.1 Å². The highest BCUT2D eigenvalue weighted by atomic mass is 79.9. The van der Waals surface area contributed by atoms with Gasteiger partial charge in [0.1, 0.15) is 0 Å². The molecule has 0 saturated heterocycles. The number of nitrogen functional groups attached to an aromatic ring is 1. The van der Waals surface area contributed by atoms with Gasteiger partial charge < -0.3 is 10.6 Å². The van der Waals surface area contributed by atoms with Crippen LogP contribution >= 0.6 is 15.9 Å². The van der Waals surface area contributed by atoms with Gasteiger partial charge in [0.2, 0.25) is 5.91 Å². The van der Waals surface area contributed by atoms with Gasteiger partial charge in [-0.1, -0.05) is 28.1 Å². The van der Waals surface area contributed by atoms with Gasteiger partial charge in [0.15, 0.2) is 0 Å². The zero-order chi connectivity index (χ0) is 13.8. The molecule has 0 fully saturated rings. The number of hydrogen-bond acceptors (Lipinski definition) is 2. The second-order valence-corrected chi connectivity index (χ2v) is 5.27. The molecule has 0 bridgehead atoms. The number of anilines is 2. The average molecular weight is 319 g/mol. The zero-order valence-corrected chi connectivity index (χ0v) is 12.2. The van der Waals surface area contributed by atoms with E-state index in [4.69, 9.17) is 5.73 Å². The fourth-order valence-electron chi connectivity index (χ4n) is 1.78. The lowest BCUT2D eigenvalue weighted by Gasteiger charge is -2.17. The first-order valence-corrected chi connectivity index (χ1v) is 6.72. The molecule has 0 aliphatic rings. The third kappa shape index (κ3) is 3.58. The third-order valence-corrected chi connectivity index (χ3v) is 3.39. The van der Waals surface area contributed by atoms with Crippen LogP contribution in [0.5, 0.6) is 0 Å². The zero-order valence-electron chi connectivity index (χ0n) is 10.6. The summed E-state index contributed by atoms with van der Waals surface area (Å²) in [6, 6.07) is 15.0. The molecule has 4 heteroatoms. The predicted octanol–water partition coefficient (Wildman–Crippen LogP) is 3.24. The number of amides is 1. The number of carbonyl (C=O) groups excluding carboxylic acids is 1. The van der Waals surface area contributed by atoms with E-state index in [2.05, 4.69) is 15.9 Å². The molecular weight excluding hydrogens is 304 g/mol. The van der Waals surface area contributed by atoms with Crippen molar-refractivity contribution in [1.29, 1.82) is 0 Å². The van der Waals surface area contributed by atoms with Crippen LogP contribution in [0.3, 0.4) is 0 Å². The van der Waals surface area contributed by atoms with E-state index < -0.39 is 0 Å². The van der Waals surface area contributed by atoms with Crippen LogP contribution in [0.15, 0.2) is 53.0 Å². The fraction of sp³-hybridized carbons (Fsp3) is 0.133. The molecule has 0 heterocycles. The monoisotopic (exact) mass is 318 g/mol. The molecule has 2 rings (SSSR count). The number of rotatable bonds is 3. The Bertz CT molecular complexity index is 581. The van der Waals surface area contributed by atoms with Crippen molar-refractivity contribution >= 4 is 33.2 Å². The number of halogens is 1. The van der Waals surface area contributed by atoms with Crippen molar-refractivity contribution in [3.63, 3.8) is 0 Å². The largest absolute Gasteiger partial charge is 0.399 e. The van der Waals surface area contributed by atoms with Crippen molar-refractivity contribution in [2.24, 2.45) is 0 Å². The first-order valence-electron chi connectivity index (χ1n) is 5.93. The summed E-state index contributed by atoms with van der Waals surface area (Å²) in [6.45, 7) is 0. The van der Waals surface area contributed by atoms with E-state index in [1.54, 1.807) is 24.1 Å². The lowest BCUT2D eigenvalue weighted by molar-refractivity contribution is -0.117. The van der Waals surface area contributed by atoms with Crippen molar-refractivity contribution < 1.29 is 4.79 Å². The molecule has 0 saturated carbocycles. The predicted molar refractivity (Wildman–Crippen MR) is 82.1 cm³/mol. The molecule has 0 spiro atoms. The van der Waals surface area contributed by atoms with Crippen molar-refractivity contribution in [2.75, 3.05) is 17.7 Å². The van der Waals surface area contributed by atoms with Crippen molar-refractivity contribution in [3.05, 3.63) is 58.6 Å². The lowest BCUT2D eigenvalue weighted by atomic mass is 10.1. The highest BCUT2D eigenvalue weighted by Crippen LogP contribution is 2.17. The van der Waals surface area contributed by atoms with Gasteiger partial charge in [-0.25, -0.2) is 0 Å². The van der Waals surface area contributed by atoms with Crippen LogP contribution in [0.25, 0.3) is 0 Å². The molecule has 19 heavy (non-hydrogen) atoms. The van der Waals surface area contributed by atoms with Gasteiger partial charge >= 0.3 is 0 Å². The summed E-state index contributed by atoms with van der Waals surface area (Å²) in [5, 5.41) is 0. The number of nitrogens with zero attached hydrogens (tertiary/aromatic N) is 1. The topological polar surface area (TPSA) is 46.3 Å². The maximum absolute atomic E-state index is 12.2. The molecule has 2 N–H and O–H groups in total. The second kappa shape index (κ2) is 5.89. The van der Waals surface area contributed by atoms with Gasteiger partial charge in [-0.2, -0.15) is 0 Å². The van der Waals surface area contributed by atoms with E-state index in [1.807, 2.05) is 36.4 Å². The van der Waals surface area contributed by atoms with Crippen LogP contribution in [-0.4, -0.2) is 13.0 Å². The number of nitrogens with two attached hydrogens (primary N) is 1. The first kappa shape index (κ1) is 13.6. The van der Waals surface area contributed by atoms with Gasteiger partial charge in [-0.05, 0) is 42.0 Å². The van der Waals surface area contributed by atoms with Gasteiger partial charge in [0.05, 0.1) is 6.42 Å². The minimum Gasteiger partial charge on any atom is -0.399 e. The third-order valence-electron chi connectivity index (χ3n) is 2.90. The Labute approximate surface area is 121 Å². The normalized spacial score (nSPS) is 10.2. The van der Waals surface area contributed by atoms with Crippen LogP contribution in [0.4, 0.5) is 11.4 Å². The average Bonchev–Trinajstić information content (AvgIpc) is 2.39. The van der Waals surface area contributed by atoms with E-state index in [0.717, 1.165) is 15.7 Å². The van der Waals surface area contributed by atoms with Crippen LogP contribution in [0, 0.1) is 0 Å². The number of carbonyl (C=O) groups is 1. The smallest absolute Gasteiger partial charge is 0.231 e. The summed E-state index contributed by atoms with van der Waals surface area (Å²) in [6.07, 6.45) is 0.375. The Morgan fingerprint density at radius 3 is 2.53 bits per heavy atom. The molecule has 0 unspecified atom stereocenters. The van der Waals surface area contributed by atoms with E-state index in [-0.39, 0.29) is 5.91 Å². The molecule has 0 aromatic heterocycles. The maximum atomic E-state index is 12.2. The van der Waals surface area contributed by atoms with E-state index in [9.17, 15) is 4.79 Å². The molecule has 0 atom stereocenters. The Balaban J connectivity index is 2.09. The summed E-state index contributed by atoms with van der Waals surface area (Å²) in [5.41, 5.74) is 8.16. The summed E-state index contributed by atoms with van der Waals surface area (Å²) in [7, 11) is 1.77. The van der Waals surface area contributed by atoms with Crippen LogP contribution in [-0.2, 0) is 11.2 Å². The maximum Gasteiger partial charge on any atom is 0.231 e. The molecule has 98 valence electrons. The Hall–Kier alpha value is -1.81. The standard InChI is InChI=1S/C15H15BrN2O/c1-18(14-7-5-13(17)6-8-14)15(19)10-11-3-2-4-12(16)9-11/h2-9H,10,17H2,1H3. The molecule has 0 aliphatic heterocycles. The first-order chi connectivity index (χ1) is 9.06. The van der Waals surface area contributed by atoms with Gasteiger partial charge in [0.25, 0.3) is 0 Å². The molecule has 3 nitrogen and oxygen atoms in total. The molecule has 1 amide bonds. The summed E-state index contributed by atoms with van der Waals surface area (Å²) >= 11 is 3.40. The van der Waals surface area contributed by atoms with Gasteiger partial charge in [-0.3, -0.25) is 4.79 Å². The van der Waals surface area contributed by atoms with Crippen LogP contribution in [0.2, 0.25) is 0 Å². The molecule has 2 aromatic rings. The SMILES string of the molecule is CN(C(=O)Cc1cccc(Br)c1)c1ccc(N)cc1. The second-order valence-electron chi connectivity index (χ2n) is 4.35. The van der Waals surface area contributed by atoms with Gasteiger partial charge in [0, 0.05) is 22.9 Å². The van der Waals surface area contributed by atoms with Crippen molar-refractivity contribution in [2.45, 2.75) is 6.42 Å². The van der Waals surface area contributed by atoms with E-state index >= 15 is 0 Å². The summed E-state index contributed by atoms with van der Waals surface area (Å²) in [4.78, 5) is 13.8. The van der Waals surface area contributed by atoms with Crippen LogP contribution < -0.4 is 10.6 Å². The van der Waals surface area contributed by atoms with Crippen molar-refractivity contribution in [1.82, 2.24) is 0 Å². The fourth-order valence-corrected chi connectivity index (χ4v) is 2.23. The minimum atomic E-state index is 0.0443. The van der Waals surface area contributed by atoms with Crippen LogP contribution in [0.1, 0.15) is 5.56 Å². The summed E-state index contributed by atoms with van der Waals surface area (Å²) < 4.78 is 0.980. The number of hydrogen-bond donors (Lipinski definition) is 1. The highest BCUT2D eigenvalue weighted by Gasteiger charge is 2.11. The Kier molecular flexibility index (Phi) is 4.22. The number of benzene rings is 2. The van der Waals surface area contributed by atoms with Crippen molar-refractivity contribution in [3.8, 4) is 0 Å². The summed E-state index contributed by atoms with van der Waals surface area (Å²) in [5.74, 6) is 0.0443. The highest BCUT2D eigenvalue weighted by molar-refractivity contribution is 9.10. The quantitative estimate of drug-likeness (QED) is 0.883. The van der Waals surface area contributed by atoms with E-state index in [1.165, 1.54) is 0 Å². The minimum absolute atomic E-state index is 0.0443.